The summed E-state index contributed by atoms with van der Waals surface area (Å²) in [4.78, 5) is 17.8. The van der Waals surface area contributed by atoms with Crippen LogP contribution in [0.5, 0.6) is 0 Å². The van der Waals surface area contributed by atoms with Gasteiger partial charge in [-0.2, -0.15) is 0 Å². The Balaban J connectivity index is 1.60. The lowest BCUT2D eigenvalue weighted by Gasteiger charge is -2.36. The summed E-state index contributed by atoms with van der Waals surface area (Å²) in [5.74, 6) is 0.672. The predicted octanol–water partition coefficient (Wildman–Crippen LogP) is 2.89. The number of ether oxygens (including phenoxy) is 1. The van der Waals surface area contributed by atoms with Crippen molar-refractivity contribution >= 4 is 28.8 Å². The molecular weight excluding hydrogens is 320 g/mol. The predicted molar refractivity (Wildman–Crippen MR) is 90.0 cm³/mol. The second-order valence-corrected chi connectivity index (χ2v) is 7.49. The third-order valence-corrected chi connectivity index (χ3v) is 6.20. The number of piperidine rings is 1. The number of hydrogen-bond donors (Lipinski definition) is 0. The van der Waals surface area contributed by atoms with Crippen molar-refractivity contribution in [1.29, 1.82) is 0 Å². The summed E-state index contributed by atoms with van der Waals surface area (Å²) in [6, 6.07) is 0. The van der Waals surface area contributed by atoms with Crippen LogP contribution in [-0.2, 0) is 4.74 Å². The first kappa shape index (κ1) is 16.2. The highest BCUT2D eigenvalue weighted by Gasteiger charge is 2.28. The normalized spacial score (nSPS) is 23.7. The number of carbonyl (C=O) groups excluding carboxylic acids is 1. The van der Waals surface area contributed by atoms with Crippen LogP contribution in [0.3, 0.4) is 0 Å². The monoisotopic (exact) mass is 342 g/mol. The minimum atomic E-state index is 0.106. The Bertz CT molecular complexity index is 528. The lowest BCUT2D eigenvalue weighted by molar-refractivity contribution is 0.0224. The van der Waals surface area contributed by atoms with Crippen LogP contribution in [0.25, 0.3) is 0 Å². The molecule has 0 aliphatic carbocycles. The highest BCUT2D eigenvalue weighted by Crippen LogP contribution is 2.30. The molecule has 0 bridgehead atoms. The smallest absolute Gasteiger partial charge is 0.265 e. The Labute approximate surface area is 141 Å². The Hall–Kier alpha value is -0.620. The van der Waals surface area contributed by atoms with Gasteiger partial charge < -0.3 is 9.64 Å². The van der Waals surface area contributed by atoms with Crippen molar-refractivity contribution < 1.29 is 9.53 Å². The molecule has 0 radical (unpaired) electrons. The number of rotatable bonds is 3. The summed E-state index contributed by atoms with van der Waals surface area (Å²) >= 11 is 7.72. The van der Waals surface area contributed by atoms with Gasteiger partial charge in [0.15, 0.2) is 0 Å². The highest BCUT2D eigenvalue weighted by molar-refractivity contribution is 7.13. The van der Waals surface area contributed by atoms with Crippen LogP contribution >= 0.6 is 22.9 Å². The molecule has 1 amide bonds. The SMILES string of the molecule is Cc1csc(C(=O)N2CCC[C@H](CN3CCOCC3)C2)c1Cl. The molecule has 1 aromatic heterocycles. The average Bonchev–Trinajstić information content (AvgIpc) is 2.87. The molecule has 0 aromatic carbocycles. The Kier molecular flexibility index (Phi) is 5.39. The molecule has 2 fully saturated rings. The summed E-state index contributed by atoms with van der Waals surface area (Å²) in [5, 5.41) is 2.59. The van der Waals surface area contributed by atoms with E-state index in [2.05, 4.69) is 4.90 Å². The highest BCUT2D eigenvalue weighted by atomic mass is 35.5. The molecule has 0 saturated carbocycles. The molecule has 0 spiro atoms. The molecule has 4 nitrogen and oxygen atoms in total. The van der Waals surface area contributed by atoms with Gasteiger partial charge in [0.05, 0.1) is 18.2 Å². The largest absolute Gasteiger partial charge is 0.379 e. The lowest BCUT2D eigenvalue weighted by atomic mass is 9.97. The van der Waals surface area contributed by atoms with E-state index in [1.807, 2.05) is 17.2 Å². The molecule has 2 aliphatic heterocycles. The standard InChI is InChI=1S/C16H23ClN2O2S/c1-12-11-22-15(14(12)17)16(20)19-4-2-3-13(10-19)9-18-5-7-21-8-6-18/h11,13H,2-10H2,1H3/t13-/m1/s1. The zero-order valence-electron chi connectivity index (χ0n) is 13.0. The van der Waals surface area contributed by atoms with E-state index in [-0.39, 0.29) is 5.91 Å². The number of halogens is 1. The first-order chi connectivity index (χ1) is 10.6. The first-order valence-electron chi connectivity index (χ1n) is 7.98. The molecule has 0 unspecified atom stereocenters. The van der Waals surface area contributed by atoms with Gasteiger partial charge >= 0.3 is 0 Å². The van der Waals surface area contributed by atoms with Crippen LogP contribution < -0.4 is 0 Å². The van der Waals surface area contributed by atoms with Crippen LogP contribution in [0.4, 0.5) is 0 Å². The Morgan fingerprint density at radius 3 is 2.86 bits per heavy atom. The van der Waals surface area contributed by atoms with E-state index >= 15 is 0 Å². The molecule has 3 rings (SSSR count). The second-order valence-electron chi connectivity index (χ2n) is 6.23. The second kappa shape index (κ2) is 7.30. The van der Waals surface area contributed by atoms with Crippen LogP contribution in [0.15, 0.2) is 5.38 Å². The van der Waals surface area contributed by atoms with Gasteiger partial charge in [0.1, 0.15) is 4.88 Å². The molecule has 2 saturated heterocycles. The van der Waals surface area contributed by atoms with E-state index < -0.39 is 0 Å². The van der Waals surface area contributed by atoms with E-state index in [1.165, 1.54) is 17.8 Å². The fourth-order valence-electron chi connectivity index (χ4n) is 3.27. The Morgan fingerprint density at radius 1 is 1.41 bits per heavy atom. The molecule has 122 valence electrons. The minimum Gasteiger partial charge on any atom is -0.379 e. The zero-order valence-corrected chi connectivity index (χ0v) is 14.6. The van der Waals surface area contributed by atoms with E-state index in [9.17, 15) is 4.79 Å². The molecular formula is C16H23ClN2O2S. The molecule has 3 heterocycles. The lowest BCUT2D eigenvalue weighted by Crippen LogP contribution is -2.46. The molecule has 1 atom stereocenters. The van der Waals surface area contributed by atoms with Crippen molar-refractivity contribution in [3.05, 3.63) is 20.8 Å². The number of carbonyl (C=O) groups is 1. The van der Waals surface area contributed by atoms with Crippen LogP contribution in [0, 0.1) is 12.8 Å². The fraction of sp³-hybridized carbons (Fsp3) is 0.688. The maximum absolute atomic E-state index is 12.7. The van der Waals surface area contributed by atoms with Crippen molar-refractivity contribution in [2.75, 3.05) is 45.9 Å². The van der Waals surface area contributed by atoms with Crippen molar-refractivity contribution in [3.8, 4) is 0 Å². The summed E-state index contributed by atoms with van der Waals surface area (Å²) in [5.41, 5.74) is 0.997. The van der Waals surface area contributed by atoms with Crippen molar-refractivity contribution in [2.24, 2.45) is 5.92 Å². The maximum atomic E-state index is 12.7. The number of morpholine rings is 1. The van der Waals surface area contributed by atoms with Gasteiger partial charge in [-0.25, -0.2) is 0 Å². The van der Waals surface area contributed by atoms with Crippen molar-refractivity contribution in [1.82, 2.24) is 9.80 Å². The molecule has 0 N–H and O–H groups in total. The number of nitrogens with zero attached hydrogens (tertiary/aromatic N) is 2. The number of hydrogen-bond acceptors (Lipinski definition) is 4. The van der Waals surface area contributed by atoms with E-state index in [0.717, 1.165) is 57.9 Å². The zero-order chi connectivity index (χ0) is 15.5. The topological polar surface area (TPSA) is 32.8 Å². The first-order valence-corrected chi connectivity index (χ1v) is 9.24. The van der Waals surface area contributed by atoms with Gasteiger partial charge in [-0.1, -0.05) is 11.6 Å². The average molecular weight is 343 g/mol. The van der Waals surface area contributed by atoms with Gasteiger partial charge in [0, 0.05) is 32.7 Å². The van der Waals surface area contributed by atoms with Crippen LogP contribution in [0.2, 0.25) is 5.02 Å². The molecule has 2 aliphatic rings. The molecule has 1 aromatic rings. The third kappa shape index (κ3) is 3.65. The van der Waals surface area contributed by atoms with Gasteiger partial charge in [0.2, 0.25) is 0 Å². The van der Waals surface area contributed by atoms with Crippen LogP contribution in [0.1, 0.15) is 28.1 Å². The molecule has 22 heavy (non-hydrogen) atoms. The third-order valence-electron chi connectivity index (χ3n) is 4.52. The summed E-state index contributed by atoms with van der Waals surface area (Å²) < 4.78 is 5.40. The van der Waals surface area contributed by atoms with Crippen molar-refractivity contribution in [2.45, 2.75) is 19.8 Å². The van der Waals surface area contributed by atoms with Gasteiger partial charge in [-0.05, 0) is 36.6 Å². The van der Waals surface area contributed by atoms with Gasteiger partial charge in [-0.3, -0.25) is 9.69 Å². The molecule has 6 heteroatoms. The van der Waals surface area contributed by atoms with Gasteiger partial charge in [-0.15, -0.1) is 11.3 Å². The number of thiophene rings is 1. The number of aryl methyl sites for hydroxylation is 1. The van der Waals surface area contributed by atoms with E-state index in [0.29, 0.717) is 15.8 Å². The minimum absolute atomic E-state index is 0.106. The van der Waals surface area contributed by atoms with Crippen LogP contribution in [-0.4, -0.2) is 61.6 Å². The fourth-order valence-corrected chi connectivity index (χ4v) is 4.51. The number of amides is 1. The van der Waals surface area contributed by atoms with Crippen molar-refractivity contribution in [3.63, 3.8) is 0 Å². The Morgan fingerprint density at radius 2 is 2.18 bits per heavy atom. The van der Waals surface area contributed by atoms with Gasteiger partial charge in [0.25, 0.3) is 5.91 Å². The summed E-state index contributed by atoms with van der Waals surface area (Å²) in [6.45, 7) is 8.42. The number of likely N-dealkylation sites (tertiary alicyclic amines) is 1. The van der Waals surface area contributed by atoms with E-state index in [4.69, 9.17) is 16.3 Å². The summed E-state index contributed by atoms with van der Waals surface area (Å²) in [6.07, 6.45) is 2.29. The quantitative estimate of drug-likeness (QED) is 0.846. The maximum Gasteiger partial charge on any atom is 0.265 e. The van der Waals surface area contributed by atoms with E-state index in [1.54, 1.807) is 0 Å². The summed E-state index contributed by atoms with van der Waals surface area (Å²) in [7, 11) is 0.